The standard InChI is InChI=1S/C12H22N4O2/c1-12(2,3)16-10(17)5-8-14-9-11(18)15-7-4-6-13/h14H,4-5,7-9H2,1-3H3,(H,15,18)(H,16,17). The van der Waals surface area contributed by atoms with Gasteiger partial charge in [0.15, 0.2) is 0 Å². The zero-order chi connectivity index (χ0) is 14.0. The van der Waals surface area contributed by atoms with E-state index in [1.165, 1.54) is 0 Å². The van der Waals surface area contributed by atoms with Crippen LogP contribution in [0.25, 0.3) is 0 Å². The predicted molar refractivity (Wildman–Crippen MR) is 68.6 cm³/mol. The van der Waals surface area contributed by atoms with Crippen LogP contribution >= 0.6 is 0 Å². The second kappa shape index (κ2) is 8.48. The lowest BCUT2D eigenvalue weighted by atomic mass is 10.1. The van der Waals surface area contributed by atoms with Gasteiger partial charge in [-0.2, -0.15) is 5.26 Å². The summed E-state index contributed by atoms with van der Waals surface area (Å²) in [4.78, 5) is 22.6. The maximum atomic E-state index is 11.4. The molecule has 0 heterocycles. The number of hydrogen-bond donors (Lipinski definition) is 3. The van der Waals surface area contributed by atoms with Crippen LogP contribution in [0, 0.1) is 11.3 Å². The molecule has 102 valence electrons. The van der Waals surface area contributed by atoms with Gasteiger partial charge in [-0.25, -0.2) is 0 Å². The summed E-state index contributed by atoms with van der Waals surface area (Å²) < 4.78 is 0. The number of amides is 2. The topological polar surface area (TPSA) is 94.0 Å². The summed E-state index contributed by atoms with van der Waals surface area (Å²) in [7, 11) is 0. The third kappa shape index (κ3) is 10.9. The van der Waals surface area contributed by atoms with E-state index >= 15 is 0 Å². The van der Waals surface area contributed by atoms with Gasteiger partial charge in [0.25, 0.3) is 0 Å². The molecule has 0 aromatic heterocycles. The minimum Gasteiger partial charge on any atom is -0.354 e. The molecule has 0 spiro atoms. The van der Waals surface area contributed by atoms with Crippen LogP contribution in [0.1, 0.15) is 33.6 Å². The Morgan fingerprint density at radius 2 is 1.83 bits per heavy atom. The van der Waals surface area contributed by atoms with E-state index in [1.54, 1.807) is 0 Å². The highest BCUT2D eigenvalue weighted by molar-refractivity contribution is 5.78. The Hall–Kier alpha value is -1.61. The van der Waals surface area contributed by atoms with E-state index in [1.807, 2.05) is 26.8 Å². The predicted octanol–water partition coefficient (Wildman–Crippen LogP) is -0.0893. The lowest BCUT2D eigenvalue weighted by Gasteiger charge is -2.20. The largest absolute Gasteiger partial charge is 0.354 e. The highest BCUT2D eigenvalue weighted by Gasteiger charge is 2.12. The van der Waals surface area contributed by atoms with Crippen molar-refractivity contribution < 1.29 is 9.59 Å². The van der Waals surface area contributed by atoms with E-state index in [9.17, 15) is 9.59 Å². The first-order valence-electron chi connectivity index (χ1n) is 6.00. The molecule has 2 amide bonds. The van der Waals surface area contributed by atoms with E-state index in [0.717, 1.165) is 0 Å². The van der Waals surface area contributed by atoms with Gasteiger partial charge in [-0.05, 0) is 20.8 Å². The number of carbonyl (C=O) groups excluding carboxylic acids is 2. The van der Waals surface area contributed by atoms with Crippen molar-refractivity contribution in [2.75, 3.05) is 19.6 Å². The van der Waals surface area contributed by atoms with Crippen LogP contribution in [-0.2, 0) is 9.59 Å². The van der Waals surface area contributed by atoms with E-state index in [-0.39, 0.29) is 23.9 Å². The first-order valence-corrected chi connectivity index (χ1v) is 6.00. The van der Waals surface area contributed by atoms with Gasteiger partial charge < -0.3 is 16.0 Å². The molecule has 0 bridgehead atoms. The Balaban J connectivity index is 3.53. The Labute approximate surface area is 108 Å². The minimum atomic E-state index is -0.230. The maximum absolute atomic E-state index is 11.4. The summed E-state index contributed by atoms with van der Waals surface area (Å²) >= 11 is 0. The molecule has 0 fully saturated rings. The van der Waals surface area contributed by atoms with Crippen LogP contribution in [0.2, 0.25) is 0 Å². The highest BCUT2D eigenvalue weighted by Crippen LogP contribution is 1.98. The van der Waals surface area contributed by atoms with Gasteiger partial charge >= 0.3 is 0 Å². The molecular weight excluding hydrogens is 232 g/mol. The van der Waals surface area contributed by atoms with E-state index in [2.05, 4.69) is 16.0 Å². The molecule has 0 radical (unpaired) electrons. The van der Waals surface area contributed by atoms with Gasteiger partial charge in [0.2, 0.25) is 11.8 Å². The Bertz CT molecular complexity index is 315. The van der Waals surface area contributed by atoms with E-state index in [0.29, 0.717) is 25.9 Å². The molecule has 0 saturated heterocycles. The van der Waals surface area contributed by atoms with Crippen LogP contribution in [0.4, 0.5) is 0 Å². The molecule has 0 saturated carbocycles. The quantitative estimate of drug-likeness (QED) is 0.553. The highest BCUT2D eigenvalue weighted by atomic mass is 16.2. The number of rotatable bonds is 7. The van der Waals surface area contributed by atoms with Gasteiger partial charge in [0, 0.05) is 25.0 Å². The smallest absolute Gasteiger partial charge is 0.233 e. The van der Waals surface area contributed by atoms with Crippen LogP contribution in [0.15, 0.2) is 0 Å². The number of nitrogens with zero attached hydrogens (tertiary/aromatic N) is 1. The fourth-order valence-electron chi connectivity index (χ4n) is 1.20. The zero-order valence-electron chi connectivity index (χ0n) is 11.3. The molecule has 0 atom stereocenters. The average Bonchev–Trinajstić information content (AvgIpc) is 2.22. The van der Waals surface area contributed by atoms with Gasteiger partial charge in [-0.15, -0.1) is 0 Å². The number of carbonyl (C=O) groups is 2. The summed E-state index contributed by atoms with van der Waals surface area (Å²) in [5, 5.41) is 16.6. The van der Waals surface area contributed by atoms with E-state index in [4.69, 9.17) is 5.26 Å². The molecule has 18 heavy (non-hydrogen) atoms. The molecule has 0 rings (SSSR count). The molecule has 3 N–H and O–H groups in total. The Morgan fingerprint density at radius 3 is 2.39 bits per heavy atom. The average molecular weight is 254 g/mol. The van der Waals surface area contributed by atoms with Crippen molar-refractivity contribution in [3.63, 3.8) is 0 Å². The maximum Gasteiger partial charge on any atom is 0.233 e. The van der Waals surface area contributed by atoms with Crippen molar-refractivity contribution in [1.29, 1.82) is 5.26 Å². The van der Waals surface area contributed by atoms with Gasteiger partial charge in [0.1, 0.15) is 0 Å². The first-order chi connectivity index (χ1) is 8.35. The summed E-state index contributed by atoms with van der Waals surface area (Å²) in [5.41, 5.74) is -0.230. The number of nitrogens with one attached hydrogen (secondary N) is 3. The van der Waals surface area contributed by atoms with E-state index < -0.39 is 0 Å². The van der Waals surface area contributed by atoms with Crippen molar-refractivity contribution in [3.05, 3.63) is 0 Å². The van der Waals surface area contributed by atoms with Crippen molar-refractivity contribution in [1.82, 2.24) is 16.0 Å². The normalized spacial score (nSPS) is 10.6. The molecule has 0 aliphatic heterocycles. The molecule has 6 nitrogen and oxygen atoms in total. The first kappa shape index (κ1) is 16.4. The summed E-state index contributed by atoms with van der Waals surface area (Å²) in [6, 6.07) is 1.94. The second-order valence-corrected chi connectivity index (χ2v) is 4.98. The SMILES string of the molecule is CC(C)(C)NC(=O)CCNCC(=O)NCCC#N. The molecular formula is C12H22N4O2. The monoisotopic (exact) mass is 254 g/mol. The molecule has 0 aliphatic carbocycles. The third-order valence-electron chi connectivity index (χ3n) is 1.89. The van der Waals surface area contributed by atoms with Crippen molar-refractivity contribution in [3.8, 4) is 6.07 Å². The van der Waals surface area contributed by atoms with Crippen LogP contribution in [0.5, 0.6) is 0 Å². The minimum absolute atomic E-state index is 0.0418. The molecule has 6 heteroatoms. The van der Waals surface area contributed by atoms with Crippen molar-refractivity contribution in [2.24, 2.45) is 0 Å². The van der Waals surface area contributed by atoms with Crippen molar-refractivity contribution >= 4 is 11.8 Å². The lowest BCUT2D eigenvalue weighted by Crippen LogP contribution is -2.42. The van der Waals surface area contributed by atoms with Gasteiger partial charge in [-0.1, -0.05) is 0 Å². The summed E-state index contributed by atoms with van der Waals surface area (Å²) in [6.45, 7) is 6.73. The molecule has 0 aromatic rings. The Morgan fingerprint density at radius 1 is 1.17 bits per heavy atom. The van der Waals surface area contributed by atoms with Crippen LogP contribution in [-0.4, -0.2) is 37.0 Å². The van der Waals surface area contributed by atoms with Crippen molar-refractivity contribution in [2.45, 2.75) is 39.2 Å². The molecule has 0 aliphatic rings. The zero-order valence-corrected chi connectivity index (χ0v) is 11.3. The fraction of sp³-hybridized carbons (Fsp3) is 0.750. The number of hydrogen-bond acceptors (Lipinski definition) is 4. The van der Waals surface area contributed by atoms with Crippen LogP contribution < -0.4 is 16.0 Å². The Kier molecular flexibility index (Phi) is 7.72. The van der Waals surface area contributed by atoms with Gasteiger partial charge in [-0.3, -0.25) is 9.59 Å². The fourth-order valence-corrected chi connectivity index (χ4v) is 1.20. The number of nitriles is 1. The summed E-state index contributed by atoms with van der Waals surface area (Å²) in [6.07, 6.45) is 0.641. The van der Waals surface area contributed by atoms with Gasteiger partial charge in [0.05, 0.1) is 19.0 Å². The van der Waals surface area contributed by atoms with Crippen LogP contribution in [0.3, 0.4) is 0 Å². The second-order valence-electron chi connectivity index (χ2n) is 4.98. The summed E-state index contributed by atoms with van der Waals surface area (Å²) in [5.74, 6) is -0.207. The molecule has 0 unspecified atom stereocenters. The lowest BCUT2D eigenvalue weighted by molar-refractivity contribution is -0.123. The third-order valence-corrected chi connectivity index (χ3v) is 1.89. The molecule has 0 aromatic carbocycles.